The molecular weight excluding hydrogens is 320 g/mol. The third kappa shape index (κ3) is 2.88. The van der Waals surface area contributed by atoms with E-state index in [0.717, 1.165) is 11.3 Å². The molecule has 1 N–H and O–H groups in total. The summed E-state index contributed by atoms with van der Waals surface area (Å²) in [4.78, 5) is 31.6. The first-order chi connectivity index (χ1) is 12.1. The molecule has 0 atom stereocenters. The van der Waals surface area contributed by atoms with Crippen LogP contribution >= 0.6 is 0 Å². The first-order valence-corrected chi connectivity index (χ1v) is 8.17. The summed E-state index contributed by atoms with van der Waals surface area (Å²) in [6.45, 7) is 0. The highest BCUT2D eigenvalue weighted by molar-refractivity contribution is 6.42. The Balaban J connectivity index is 1.37. The van der Waals surface area contributed by atoms with E-state index in [2.05, 4.69) is 15.3 Å². The van der Waals surface area contributed by atoms with Crippen LogP contribution in [0.25, 0.3) is 0 Å². The predicted octanol–water partition coefficient (Wildman–Crippen LogP) is 3.08. The number of benzene rings is 1. The highest BCUT2D eigenvalue weighted by atomic mass is 16.6. The highest BCUT2D eigenvalue weighted by Gasteiger charge is 2.38. The molecule has 126 valence electrons. The molecule has 1 aromatic carbocycles. The third-order valence-electron chi connectivity index (χ3n) is 4.72. The second-order valence-corrected chi connectivity index (χ2v) is 6.37. The molecule has 4 rings (SSSR count). The largest absolute Gasteiger partial charge is 0.362 e. The fourth-order valence-corrected chi connectivity index (χ4v) is 3.31. The minimum absolute atomic E-state index is 0.0203. The standard InChI is InChI=1S/C18H16N4O3/c23-17(15-10-11-4-1-2-5-14(11)21-15)12-8-13(9-12)20-18-16(22(24)25)6-3-7-19-18/h1-7,12-13H,8-10H2,(H,19,20). The maximum absolute atomic E-state index is 12.6. The second-order valence-electron chi connectivity index (χ2n) is 6.37. The van der Waals surface area contributed by atoms with Gasteiger partial charge in [0.1, 0.15) is 0 Å². The molecule has 2 heterocycles. The normalized spacial score (nSPS) is 21.0. The monoisotopic (exact) mass is 336 g/mol. The number of aromatic nitrogens is 1. The molecule has 2 aliphatic rings. The summed E-state index contributed by atoms with van der Waals surface area (Å²) in [5.74, 6) is 0.270. The van der Waals surface area contributed by atoms with Gasteiger partial charge in [-0.15, -0.1) is 0 Å². The molecule has 1 saturated carbocycles. The van der Waals surface area contributed by atoms with E-state index >= 15 is 0 Å². The molecule has 0 bridgehead atoms. The van der Waals surface area contributed by atoms with E-state index in [9.17, 15) is 14.9 Å². The van der Waals surface area contributed by atoms with Crippen LogP contribution in [-0.2, 0) is 11.2 Å². The first-order valence-electron chi connectivity index (χ1n) is 8.17. The second kappa shape index (κ2) is 6.08. The van der Waals surface area contributed by atoms with Gasteiger partial charge in [0.25, 0.3) is 0 Å². The summed E-state index contributed by atoms with van der Waals surface area (Å²) in [5, 5.41) is 14.1. The molecule has 0 saturated heterocycles. The number of carbonyl (C=O) groups excluding carboxylic acids is 1. The minimum atomic E-state index is -0.457. The van der Waals surface area contributed by atoms with E-state index < -0.39 is 4.92 Å². The maximum atomic E-state index is 12.6. The van der Waals surface area contributed by atoms with Crippen LogP contribution in [0.5, 0.6) is 0 Å². The van der Waals surface area contributed by atoms with Crippen molar-refractivity contribution < 1.29 is 9.72 Å². The number of ketones is 1. The number of rotatable bonds is 5. The number of nitrogens with one attached hydrogen (secondary N) is 1. The Bertz CT molecular complexity index is 887. The van der Waals surface area contributed by atoms with Crippen LogP contribution in [0.4, 0.5) is 17.2 Å². The van der Waals surface area contributed by atoms with Gasteiger partial charge in [0, 0.05) is 30.6 Å². The summed E-state index contributed by atoms with van der Waals surface area (Å²) in [5.41, 5.74) is 2.54. The Hall–Kier alpha value is -3.09. The van der Waals surface area contributed by atoms with E-state index in [1.165, 1.54) is 18.3 Å². The fourth-order valence-electron chi connectivity index (χ4n) is 3.31. The lowest BCUT2D eigenvalue weighted by molar-refractivity contribution is -0.384. The first kappa shape index (κ1) is 15.4. The summed E-state index contributed by atoms with van der Waals surface area (Å²) in [7, 11) is 0. The van der Waals surface area contributed by atoms with Crippen molar-refractivity contribution in [3.05, 3.63) is 58.3 Å². The van der Waals surface area contributed by atoms with Gasteiger partial charge in [0.05, 0.1) is 16.3 Å². The summed E-state index contributed by atoms with van der Waals surface area (Å²) in [6.07, 6.45) is 3.39. The van der Waals surface area contributed by atoms with Crippen molar-refractivity contribution in [2.24, 2.45) is 10.9 Å². The van der Waals surface area contributed by atoms with Gasteiger partial charge in [-0.25, -0.2) is 9.98 Å². The molecule has 25 heavy (non-hydrogen) atoms. The van der Waals surface area contributed by atoms with Crippen LogP contribution in [0, 0.1) is 16.0 Å². The number of anilines is 1. The Morgan fingerprint density at radius 2 is 2.00 bits per heavy atom. The van der Waals surface area contributed by atoms with E-state index in [1.54, 1.807) is 0 Å². The SMILES string of the molecule is O=C(C1=Nc2ccccc2C1)C1CC(Nc2ncccc2[N+](=O)[O-])C1. The van der Waals surface area contributed by atoms with Crippen molar-refractivity contribution >= 4 is 28.7 Å². The lowest BCUT2D eigenvalue weighted by Crippen LogP contribution is -2.42. The average Bonchev–Trinajstić information content (AvgIpc) is 3.01. The van der Waals surface area contributed by atoms with Crippen molar-refractivity contribution in [1.29, 1.82) is 0 Å². The molecular formula is C18H16N4O3. The number of hydrogen-bond acceptors (Lipinski definition) is 6. The number of carbonyl (C=O) groups is 1. The van der Waals surface area contributed by atoms with Crippen molar-refractivity contribution in [3.63, 3.8) is 0 Å². The number of para-hydroxylation sites is 1. The maximum Gasteiger partial charge on any atom is 0.311 e. The average molecular weight is 336 g/mol. The number of nitrogens with zero attached hydrogens (tertiary/aromatic N) is 3. The molecule has 0 amide bonds. The Morgan fingerprint density at radius 1 is 1.20 bits per heavy atom. The number of fused-ring (bicyclic) bond motifs is 1. The molecule has 1 aliphatic carbocycles. The number of hydrogen-bond donors (Lipinski definition) is 1. The molecule has 2 aromatic rings. The number of Topliss-reactive ketones (excluding diaryl/α,β-unsaturated/α-hetero) is 1. The van der Waals surface area contributed by atoms with E-state index in [1.807, 2.05) is 24.3 Å². The summed E-state index contributed by atoms with van der Waals surface area (Å²) < 4.78 is 0. The number of aliphatic imine (C=N–C) groups is 1. The molecule has 1 fully saturated rings. The predicted molar refractivity (Wildman–Crippen MR) is 93.3 cm³/mol. The quantitative estimate of drug-likeness (QED) is 0.668. The third-order valence-corrected chi connectivity index (χ3v) is 4.72. The molecule has 0 unspecified atom stereocenters. The van der Waals surface area contributed by atoms with Gasteiger partial charge in [-0.05, 0) is 30.5 Å². The zero-order valence-corrected chi connectivity index (χ0v) is 13.4. The van der Waals surface area contributed by atoms with Gasteiger partial charge in [-0.1, -0.05) is 18.2 Å². The lowest BCUT2D eigenvalue weighted by Gasteiger charge is -2.34. The molecule has 1 aromatic heterocycles. The van der Waals surface area contributed by atoms with Crippen molar-refractivity contribution in [2.45, 2.75) is 25.3 Å². The van der Waals surface area contributed by atoms with Crippen molar-refractivity contribution in [2.75, 3.05) is 5.32 Å². The molecule has 0 radical (unpaired) electrons. The Kier molecular flexibility index (Phi) is 3.76. The Morgan fingerprint density at radius 3 is 2.76 bits per heavy atom. The van der Waals surface area contributed by atoms with Crippen molar-refractivity contribution in [1.82, 2.24) is 4.98 Å². The van der Waals surface area contributed by atoms with Crippen LogP contribution < -0.4 is 5.32 Å². The van der Waals surface area contributed by atoms with Gasteiger partial charge in [-0.2, -0.15) is 0 Å². The molecule has 7 heteroatoms. The summed E-state index contributed by atoms with van der Waals surface area (Å²) in [6, 6.07) is 10.7. The van der Waals surface area contributed by atoms with Gasteiger partial charge in [0.15, 0.2) is 5.78 Å². The highest BCUT2D eigenvalue weighted by Crippen LogP contribution is 2.35. The lowest BCUT2D eigenvalue weighted by atomic mass is 9.76. The summed E-state index contributed by atoms with van der Waals surface area (Å²) >= 11 is 0. The van der Waals surface area contributed by atoms with E-state index in [-0.39, 0.29) is 29.2 Å². The van der Waals surface area contributed by atoms with E-state index in [4.69, 9.17) is 0 Å². The van der Waals surface area contributed by atoms with Gasteiger partial charge < -0.3 is 5.32 Å². The minimum Gasteiger partial charge on any atom is -0.362 e. The van der Waals surface area contributed by atoms with Gasteiger partial charge in [0.2, 0.25) is 5.82 Å². The van der Waals surface area contributed by atoms with E-state index in [0.29, 0.717) is 25.0 Å². The Labute approximate surface area is 144 Å². The van der Waals surface area contributed by atoms with Crippen LogP contribution in [0.15, 0.2) is 47.6 Å². The number of pyridine rings is 1. The van der Waals surface area contributed by atoms with Gasteiger partial charge in [-0.3, -0.25) is 14.9 Å². The van der Waals surface area contributed by atoms with Crippen LogP contribution in [0.2, 0.25) is 0 Å². The molecule has 7 nitrogen and oxygen atoms in total. The zero-order chi connectivity index (χ0) is 17.4. The topological polar surface area (TPSA) is 97.5 Å². The van der Waals surface area contributed by atoms with Gasteiger partial charge >= 0.3 is 5.69 Å². The molecule has 0 spiro atoms. The van der Waals surface area contributed by atoms with Crippen LogP contribution in [-0.4, -0.2) is 27.4 Å². The number of nitro groups is 1. The van der Waals surface area contributed by atoms with Crippen LogP contribution in [0.1, 0.15) is 18.4 Å². The fraction of sp³-hybridized carbons (Fsp3) is 0.278. The smallest absolute Gasteiger partial charge is 0.311 e. The molecule has 1 aliphatic heterocycles. The van der Waals surface area contributed by atoms with Crippen molar-refractivity contribution in [3.8, 4) is 0 Å². The zero-order valence-electron chi connectivity index (χ0n) is 13.4. The van der Waals surface area contributed by atoms with Crippen LogP contribution in [0.3, 0.4) is 0 Å².